The van der Waals surface area contributed by atoms with Crippen LogP contribution in [0.15, 0.2) is 42.5 Å². The summed E-state index contributed by atoms with van der Waals surface area (Å²) in [5.74, 6) is -0.325. The predicted molar refractivity (Wildman–Crippen MR) is 95.7 cm³/mol. The molecule has 0 atom stereocenters. The van der Waals surface area contributed by atoms with Crippen molar-refractivity contribution in [2.75, 3.05) is 5.32 Å². The lowest BCUT2D eigenvalue weighted by atomic mass is 10.1. The number of carbonyl (C=O) groups is 2. The smallest absolute Gasteiger partial charge is 0.257 e. The minimum absolute atomic E-state index is 0.0853. The summed E-state index contributed by atoms with van der Waals surface area (Å²) in [5, 5.41) is 3.73. The lowest BCUT2D eigenvalue weighted by Gasteiger charge is -2.06. The van der Waals surface area contributed by atoms with E-state index in [1.54, 1.807) is 0 Å². The first-order valence-corrected chi connectivity index (χ1v) is 8.19. The van der Waals surface area contributed by atoms with E-state index < -0.39 is 0 Å². The summed E-state index contributed by atoms with van der Waals surface area (Å²) in [7, 11) is 0. The number of Topliss-reactive ketones (excluding diaryl/α,β-unsaturated/α-hetero) is 1. The molecule has 1 aromatic heterocycles. The topological polar surface area (TPSA) is 46.2 Å². The Bertz CT molecular complexity index is 907. The highest BCUT2D eigenvalue weighted by Crippen LogP contribution is 2.33. The van der Waals surface area contributed by atoms with Gasteiger partial charge in [-0.25, -0.2) is 0 Å². The molecule has 3 nitrogen and oxygen atoms in total. The average Bonchev–Trinajstić information content (AvgIpc) is 2.88. The Morgan fingerprint density at radius 1 is 0.957 bits per heavy atom. The number of benzene rings is 2. The fourth-order valence-corrected chi connectivity index (χ4v) is 3.59. The number of anilines is 1. The van der Waals surface area contributed by atoms with E-state index in [0.29, 0.717) is 10.4 Å². The van der Waals surface area contributed by atoms with Crippen molar-refractivity contribution in [3.05, 3.63) is 64.0 Å². The number of hydrogen-bond donors (Lipinski definition) is 1. The Kier molecular flexibility index (Phi) is 4.01. The third-order valence-electron chi connectivity index (χ3n) is 3.70. The van der Waals surface area contributed by atoms with Gasteiger partial charge in [0.25, 0.3) is 5.91 Å². The fraction of sp³-hybridized carbons (Fsp3) is 0.158. The van der Waals surface area contributed by atoms with Crippen molar-refractivity contribution in [3.63, 3.8) is 0 Å². The van der Waals surface area contributed by atoms with E-state index in [1.807, 2.05) is 56.3 Å². The van der Waals surface area contributed by atoms with E-state index in [-0.39, 0.29) is 11.7 Å². The molecule has 23 heavy (non-hydrogen) atoms. The second-order valence-corrected chi connectivity index (χ2v) is 6.73. The van der Waals surface area contributed by atoms with Gasteiger partial charge in [0.1, 0.15) is 0 Å². The molecular weight excluding hydrogens is 306 g/mol. The third-order valence-corrected chi connectivity index (χ3v) is 4.97. The molecule has 0 fully saturated rings. The standard InChI is InChI=1S/C19H17NO2S/c1-11-4-7-14(8-5-11)20-19(22)17-15-10-12(2)6-9-16(15)23-18(17)13(3)21/h4-10H,1-3H3,(H,20,22). The lowest BCUT2D eigenvalue weighted by molar-refractivity contribution is 0.0990. The van der Waals surface area contributed by atoms with Crippen LogP contribution >= 0.6 is 11.3 Å². The van der Waals surface area contributed by atoms with Gasteiger partial charge in [-0.15, -0.1) is 11.3 Å². The van der Waals surface area contributed by atoms with Crippen molar-refractivity contribution in [1.29, 1.82) is 0 Å². The zero-order valence-electron chi connectivity index (χ0n) is 13.3. The summed E-state index contributed by atoms with van der Waals surface area (Å²) in [6, 6.07) is 13.5. The van der Waals surface area contributed by atoms with Crippen LogP contribution < -0.4 is 5.32 Å². The Morgan fingerprint density at radius 2 is 1.61 bits per heavy atom. The first-order valence-electron chi connectivity index (χ1n) is 7.38. The van der Waals surface area contributed by atoms with E-state index in [4.69, 9.17) is 0 Å². The minimum atomic E-state index is -0.240. The quantitative estimate of drug-likeness (QED) is 0.691. The summed E-state index contributed by atoms with van der Waals surface area (Å²) in [6.07, 6.45) is 0. The van der Waals surface area contributed by atoms with Gasteiger partial charge < -0.3 is 5.32 Å². The van der Waals surface area contributed by atoms with Crippen LogP contribution in [0.25, 0.3) is 10.1 Å². The van der Waals surface area contributed by atoms with Crippen LogP contribution in [-0.2, 0) is 0 Å². The van der Waals surface area contributed by atoms with Crippen LogP contribution in [0.5, 0.6) is 0 Å². The first-order chi connectivity index (χ1) is 11.0. The molecule has 0 saturated heterocycles. The second-order valence-electron chi connectivity index (χ2n) is 5.68. The number of rotatable bonds is 3. The molecular formula is C19H17NO2S. The molecule has 0 spiro atoms. The van der Waals surface area contributed by atoms with Crippen LogP contribution in [0, 0.1) is 13.8 Å². The molecule has 1 heterocycles. The average molecular weight is 323 g/mol. The first kappa shape index (κ1) is 15.4. The van der Waals surface area contributed by atoms with Gasteiger partial charge in [0, 0.05) is 15.8 Å². The third kappa shape index (κ3) is 3.03. The van der Waals surface area contributed by atoms with Gasteiger partial charge in [-0.1, -0.05) is 29.3 Å². The highest BCUT2D eigenvalue weighted by atomic mass is 32.1. The summed E-state index contributed by atoms with van der Waals surface area (Å²) >= 11 is 1.37. The van der Waals surface area contributed by atoms with Crippen molar-refractivity contribution in [1.82, 2.24) is 0 Å². The number of aryl methyl sites for hydroxylation is 2. The zero-order chi connectivity index (χ0) is 16.6. The van der Waals surface area contributed by atoms with Crippen LogP contribution in [0.2, 0.25) is 0 Å². The van der Waals surface area contributed by atoms with Gasteiger partial charge in [0.05, 0.1) is 10.4 Å². The Hall–Kier alpha value is -2.46. The monoisotopic (exact) mass is 323 g/mol. The maximum Gasteiger partial charge on any atom is 0.257 e. The molecule has 0 aliphatic carbocycles. The molecule has 4 heteroatoms. The van der Waals surface area contributed by atoms with Crippen LogP contribution in [0.4, 0.5) is 5.69 Å². The molecule has 1 N–H and O–H groups in total. The summed E-state index contributed by atoms with van der Waals surface area (Å²) < 4.78 is 0.954. The number of ketones is 1. The molecule has 3 rings (SSSR count). The van der Waals surface area contributed by atoms with Gasteiger partial charge >= 0.3 is 0 Å². The van der Waals surface area contributed by atoms with Crippen molar-refractivity contribution in [2.45, 2.75) is 20.8 Å². The highest BCUT2D eigenvalue weighted by molar-refractivity contribution is 7.21. The zero-order valence-corrected chi connectivity index (χ0v) is 14.1. The molecule has 0 radical (unpaired) electrons. The van der Waals surface area contributed by atoms with Crippen molar-refractivity contribution in [3.8, 4) is 0 Å². The second kappa shape index (κ2) is 5.97. The molecule has 1 amide bonds. The highest BCUT2D eigenvalue weighted by Gasteiger charge is 2.21. The maximum atomic E-state index is 12.8. The van der Waals surface area contributed by atoms with E-state index >= 15 is 0 Å². The van der Waals surface area contributed by atoms with Gasteiger partial charge in [0.15, 0.2) is 5.78 Å². The van der Waals surface area contributed by atoms with E-state index in [0.717, 1.165) is 26.9 Å². The molecule has 0 aliphatic rings. The molecule has 0 saturated carbocycles. The summed E-state index contributed by atoms with van der Waals surface area (Å²) in [6.45, 7) is 5.47. The van der Waals surface area contributed by atoms with E-state index in [9.17, 15) is 9.59 Å². The number of fused-ring (bicyclic) bond motifs is 1. The van der Waals surface area contributed by atoms with Crippen molar-refractivity contribution >= 4 is 38.8 Å². The number of nitrogens with one attached hydrogen (secondary N) is 1. The molecule has 116 valence electrons. The van der Waals surface area contributed by atoms with E-state index in [1.165, 1.54) is 18.3 Å². The van der Waals surface area contributed by atoms with Crippen LogP contribution in [-0.4, -0.2) is 11.7 Å². The number of amides is 1. The fourth-order valence-electron chi connectivity index (χ4n) is 2.52. The predicted octanol–water partition coefficient (Wildman–Crippen LogP) is 4.97. The minimum Gasteiger partial charge on any atom is -0.322 e. The van der Waals surface area contributed by atoms with Crippen LogP contribution in [0.1, 0.15) is 38.1 Å². The molecule has 3 aromatic rings. The van der Waals surface area contributed by atoms with Gasteiger partial charge in [-0.3, -0.25) is 9.59 Å². The molecule has 0 aliphatic heterocycles. The number of hydrogen-bond acceptors (Lipinski definition) is 3. The number of carbonyl (C=O) groups excluding carboxylic acids is 2. The molecule has 0 bridgehead atoms. The van der Waals surface area contributed by atoms with Crippen LogP contribution in [0.3, 0.4) is 0 Å². The van der Waals surface area contributed by atoms with Gasteiger partial charge in [0.2, 0.25) is 0 Å². The Labute approximate surface area is 139 Å². The summed E-state index contributed by atoms with van der Waals surface area (Å²) in [4.78, 5) is 25.2. The Morgan fingerprint density at radius 3 is 2.26 bits per heavy atom. The Balaban J connectivity index is 2.07. The van der Waals surface area contributed by atoms with Crippen molar-refractivity contribution in [2.24, 2.45) is 0 Å². The number of thiophene rings is 1. The van der Waals surface area contributed by atoms with Gasteiger partial charge in [-0.05, 0) is 45.0 Å². The normalized spacial score (nSPS) is 10.7. The SMILES string of the molecule is CC(=O)c1sc2ccc(C)cc2c1C(=O)Nc1ccc(C)cc1. The van der Waals surface area contributed by atoms with Gasteiger partial charge in [-0.2, -0.15) is 0 Å². The maximum absolute atomic E-state index is 12.8. The van der Waals surface area contributed by atoms with E-state index in [2.05, 4.69) is 5.32 Å². The molecule has 2 aromatic carbocycles. The molecule has 0 unspecified atom stereocenters. The lowest BCUT2D eigenvalue weighted by Crippen LogP contribution is -2.14. The van der Waals surface area contributed by atoms with Crippen molar-refractivity contribution < 1.29 is 9.59 Å². The summed E-state index contributed by atoms with van der Waals surface area (Å²) in [5.41, 5.74) is 3.39. The largest absolute Gasteiger partial charge is 0.322 e.